The van der Waals surface area contributed by atoms with Gasteiger partial charge in [0, 0.05) is 38.3 Å². The van der Waals surface area contributed by atoms with E-state index in [1.54, 1.807) is 7.05 Å². The number of rotatable bonds is 5. The van der Waals surface area contributed by atoms with Gasteiger partial charge in [0.2, 0.25) is 5.91 Å². The molecule has 0 aromatic rings. The SMILES string of the molecule is CN=C(NCC(=O)NC1CCCCC1)NC1CCN(C2CCCC2)C1. The number of nitrogens with one attached hydrogen (secondary N) is 3. The number of likely N-dealkylation sites (tertiary alicyclic amines) is 1. The zero-order valence-electron chi connectivity index (χ0n) is 15.7. The Morgan fingerprint density at radius 3 is 2.40 bits per heavy atom. The van der Waals surface area contributed by atoms with E-state index in [-0.39, 0.29) is 5.91 Å². The van der Waals surface area contributed by atoms with Gasteiger partial charge in [0.05, 0.1) is 6.54 Å². The van der Waals surface area contributed by atoms with Crippen molar-refractivity contribution in [2.75, 3.05) is 26.7 Å². The number of carbonyl (C=O) groups excluding carboxylic acids is 1. The fourth-order valence-electron chi connectivity index (χ4n) is 4.58. The number of guanidine groups is 1. The molecule has 0 aromatic carbocycles. The van der Waals surface area contributed by atoms with Crippen LogP contribution in [0, 0.1) is 0 Å². The normalized spacial score (nSPS) is 26.8. The first kappa shape index (κ1) is 18.5. The Labute approximate surface area is 152 Å². The highest BCUT2D eigenvalue weighted by Crippen LogP contribution is 2.26. The molecule has 1 amide bonds. The van der Waals surface area contributed by atoms with E-state index in [0.717, 1.165) is 37.8 Å². The van der Waals surface area contributed by atoms with Crippen LogP contribution in [-0.4, -0.2) is 61.6 Å². The summed E-state index contributed by atoms with van der Waals surface area (Å²) in [6.45, 7) is 2.58. The van der Waals surface area contributed by atoms with Crippen LogP contribution < -0.4 is 16.0 Å². The third kappa shape index (κ3) is 5.59. The maximum atomic E-state index is 12.1. The lowest BCUT2D eigenvalue weighted by Gasteiger charge is -2.24. The summed E-state index contributed by atoms with van der Waals surface area (Å²) >= 11 is 0. The first-order chi connectivity index (χ1) is 12.2. The maximum absolute atomic E-state index is 12.1. The summed E-state index contributed by atoms with van der Waals surface area (Å²) in [5, 5.41) is 9.82. The Kier molecular flexibility index (Phi) is 6.96. The largest absolute Gasteiger partial charge is 0.352 e. The molecule has 1 atom stereocenters. The van der Waals surface area contributed by atoms with Crippen LogP contribution in [0.2, 0.25) is 0 Å². The van der Waals surface area contributed by atoms with Gasteiger partial charge >= 0.3 is 0 Å². The average molecular weight is 350 g/mol. The van der Waals surface area contributed by atoms with E-state index in [1.807, 2.05) is 0 Å². The maximum Gasteiger partial charge on any atom is 0.239 e. The summed E-state index contributed by atoms with van der Waals surface area (Å²) in [6, 6.07) is 1.60. The molecule has 2 aliphatic carbocycles. The molecule has 3 fully saturated rings. The van der Waals surface area contributed by atoms with Gasteiger partial charge in [-0.1, -0.05) is 32.1 Å². The summed E-state index contributed by atoms with van der Waals surface area (Å²) in [6.07, 6.45) is 12.7. The second-order valence-electron chi connectivity index (χ2n) is 7.89. The number of amides is 1. The summed E-state index contributed by atoms with van der Waals surface area (Å²) in [5.74, 6) is 0.825. The van der Waals surface area contributed by atoms with Crippen molar-refractivity contribution in [3.63, 3.8) is 0 Å². The summed E-state index contributed by atoms with van der Waals surface area (Å²) in [5.41, 5.74) is 0. The third-order valence-corrected chi connectivity index (χ3v) is 6.01. The first-order valence-corrected chi connectivity index (χ1v) is 10.2. The molecule has 2 saturated carbocycles. The van der Waals surface area contributed by atoms with Crippen molar-refractivity contribution < 1.29 is 4.79 Å². The van der Waals surface area contributed by atoms with E-state index >= 15 is 0 Å². The molecule has 0 aromatic heterocycles. The number of carbonyl (C=O) groups is 1. The van der Waals surface area contributed by atoms with Crippen LogP contribution in [0.4, 0.5) is 0 Å². The molecule has 6 nitrogen and oxygen atoms in total. The molecule has 1 heterocycles. The highest BCUT2D eigenvalue weighted by molar-refractivity contribution is 5.86. The minimum absolute atomic E-state index is 0.0776. The lowest BCUT2D eigenvalue weighted by atomic mass is 9.95. The standard InChI is InChI=1S/C19H35N5O/c1-20-19(21-13-18(25)22-15-7-3-2-4-8-15)23-16-11-12-24(14-16)17-9-5-6-10-17/h15-17H,2-14H2,1H3,(H,22,25)(H2,20,21,23). The van der Waals surface area contributed by atoms with Crippen LogP contribution in [-0.2, 0) is 4.79 Å². The van der Waals surface area contributed by atoms with Crippen molar-refractivity contribution in [1.29, 1.82) is 0 Å². The third-order valence-electron chi connectivity index (χ3n) is 6.01. The van der Waals surface area contributed by atoms with Crippen molar-refractivity contribution in [3.05, 3.63) is 0 Å². The van der Waals surface area contributed by atoms with Gasteiger partial charge < -0.3 is 16.0 Å². The zero-order chi connectivity index (χ0) is 17.5. The zero-order valence-corrected chi connectivity index (χ0v) is 15.7. The fraction of sp³-hybridized carbons (Fsp3) is 0.895. The van der Waals surface area contributed by atoms with Crippen molar-refractivity contribution in [2.24, 2.45) is 4.99 Å². The summed E-state index contributed by atoms with van der Waals surface area (Å²) in [4.78, 5) is 19.1. The van der Waals surface area contributed by atoms with E-state index in [9.17, 15) is 4.79 Å². The number of nitrogens with zero attached hydrogens (tertiary/aromatic N) is 2. The van der Waals surface area contributed by atoms with Gasteiger partial charge in [0.1, 0.15) is 0 Å². The average Bonchev–Trinajstić information content (AvgIpc) is 3.31. The molecular formula is C19H35N5O. The van der Waals surface area contributed by atoms with Gasteiger partial charge in [-0.2, -0.15) is 0 Å². The molecule has 6 heteroatoms. The van der Waals surface area contributed by atoms with Crippen molar-refractivity contribution >= 4 is 11.9 Å². The second kappa shape index (κ2) is 9.41. The molecule has 25 heavy (non-hydrogen) atoms. The van der Waals surface area contributed by atoms with Gasteiger partial charge in [-0.05, 0) is 32.1 Å². The molecule has 1 saturated heterocycles. The molecule has 0 radical (unpaired) electrons. The van der Waals surface area contributed by atoms with Gasteiger partial charge in [0.15, 0.2) is 5.96 Å². The van der Waals surface area contributed by atoms with E-state index in [2.05, 4.69) is 25.8 Å². The van der Waals surface area contributed by atoms with Crippen LogP contribution in [0.3, 0.4) is 0 Å². The topological polar surface area (TPSA) is 68.8 Å². The highest BCUT2D eigenvalue weighted by atomic mass is 16.2. The molecule has 3 rings (SSSR count). The summed E-state index contributed by atoms with van der Waals surface area (Å²) < 4.78 is 0. The highest BCUT2D eigenvalue weighted by Gasteiger charge is 2.30. The number of hydrogen-bond donors (Lipinski definition) is 3. The van der Waals surface area contributed by atoms with Gasteiger partial charge in [0.25, 0.3) is 0 Å². The smallest absolute Gasteiger partial charge is 0.239 e. The molecule has 3 N–H and O–H groups in total. The molecule has 142 valence electrons. The van der Waals surface area contributed by atoms with Crippen LogP contribution in [0.5, 0.6) is 0 Å². The lowest BCUT2D eigenvalue weighted by Crippen LogP contribution is -2.49. The molecular weight excluding hydrogens is 314 g/mol. The van der Waals surface area contributed by atoms with Gasteiger partial charge in [-0.15, -0.1) is 0 Å². The van der Waals surface area contributed by atoms with Crippen LogP contribution in [0.25, 0.3) is 0 Å². The lowest BCUT2D eigenvalue weighted by molar-refractivity contribution is -0.120. The van der Waals surface area contributed by atoms with Crippen molar-refractivity contribution in [1.82, 2.24) is 20.9 Å². The van der Waals surface area contributed by atoms with Crippen molar-refractivity contribution in [3.8, 4) is 0 Å². The van der Waals surface area contributed by atoms with Crippen molar-refractivity contribution in [2.45, 2.75) is 82.3 Å². The Morgan fingerprint density at radius 1 is 0.960 bits per heavy atom. The quantitative estimate of drug-likeness (QED) is 0.521. The Balaban J connectivity index is 1.35. The molecule has 0 bridgehead atoms. The molecule has 3 aliphatic rings. The van der Waals surface area contributed by atoms with E-state index in [1.165, 1.54) is 51.5 Å². The predicted octanol–water partition coefficient (Wildman–Crippen LogP) is 1.62. The Hall–Kier alpha value is -1.30. The molecule has 0 spiro atoms. The van der Waals surface area contributed by atoms with Gasteiger partial charge in [-0.3, -0.25) is 14.7 Å². The number of hydrogen-bond acceptors (Lipinski definition) is 3. The van der Waals surface area contributed by atoms with E-state index < -0.39 is 0 Å². The van der Waals surface area contributed by atoms with Crippen LogP contribution in [0.15, 0.2) is 4.99 Å². The minimum atomic E-state index is 0.0776. The van der Waals surface area contributed by atoms with Gasteiger partial charge in [-0.25, -0.2) is 0 Å². The monoisotopic (exact) mass is 349 g/mol. The van der Waals surface area contributed by atoms with E-state index in [0.29, 0.717) is 18.6 Å². The van der Waals surface area contributed by atoms with Crippen LogP contribution in [0.1, 0.15) is 64.2 Å². The Bertz CT molecular complexity index is 455. The minimum Gasteiger partial charge on any atom is -0.352 e. The Morgan fingerprint density at radius 2 is 1.68 bits per heavy atom. The number of aliphatic imine (C=N–C) groups is 1. The second-order valence-corrected chi connectivity index (χ2v) is 7.89. The molecule has 1 unspecified atom stereocenters. The predicted molar refractivity (Wildman–Crippen MR) is 102 cm³/mol. The van der Waals surface area contributed by atoms with Crippen LogP contribution >= 0.6 is 0 Å². The fourth-order valence-corrected chi connectivity index (χ4v) is 4.58. The van der Waals surface area contributed by atoms with E-state index in [4.69, 9.17) is 0 Å². The first-order valence-electron chi connectivity index (χ1n) is 10.2. The summed E-state index contributed by atoms with van der Waals surface area (Å²) in [7, 11) is 1.78. The molecule has 1 aliphatic heterocycles.